The van der Waals surface area contributed by atoms with Crippen LogP contribution in [0.1, 0.15) is 38.5 Å². The molecule has 13 heavy (non-hydrogen) atoms. The second-order valence-corrected chi connectivity index (χ2v) is 5.32. The fourth-order valence-electron chi connectivity index (χ4n) is 2.02. The molecule has 0 spiro atoms. The maximum atomic E-state index is 4.10. The highest BCUT2D eigenvalue weighted by molar-refractivity contribution is 8.68. The van der Waals surface area contributed by atoms with Crippen LogP contribution in [0.15, 0.2) is 0 Å². The Morgan fingerprint density at radius 3 is 2.62 bits per heavy atom. The van der Waals surface area contributed by atoms with Gasteiger partial charge in [-0.05, 0) is 18.9 Å². The van der Waals surface area contributed by atoms with E-state index < -0.39 is 0 Å². The topological polar surface area (TPSA) is 12.0 Å². The molecule has 1 nitrogen and oxygen atoms in total. The quantitative estimate of drug-likeness (QED) is 0.404. The van der Waals surface area contributed by atoms with Gasteiger partial charge in [0.15, 0.2) is 0 Å². The summed E-state index contributed by atoms with van der Waals surface area (Å²) in [6.45, 7) is 2.32. The van der Waals surface area contributed by atoms with Crippen LogP contribution in [0.4, 0.5) is 0 Å². The van der Waals surface area contributed by atoms with Gasteiger partial charge in [0.25, 0.3) is 0 Å². The lowest BCUT2D eigenvalue weighted by atomic mass is 9.87. The van der Waals surface area contributed by atoms with E-state index in [2.05, 4.69) is 17.0 Å². The smallest absolute Gasteiger partial charge is 0.0160 e. The van der Waals surface area contributed by atoms with E-state index in [9.17, 15) is 0 Å². The fraction of sp³-hybridized carbons (Fsp3) is 1.00. The van der Waals surface area contributed by atoms with Crippen LogP contribution in [0.2, 0.25) is 0 Å². The van der Waals surface area contributed by atoms with Crippen LogP contribution >= 0.6 is 22.5 Å². The summed E-state index contributed by atoms with van der Waals surface area (Å²) in [7, 11) is 1.62. The van der Waals surface area contributed by atoms with E-state index in [-0.39, 0.29) is 0 Å². The highest BCUT2D eigenvalue weighted by atomic mass is 33.1. The summed E-state index contributed by atoms with van der Waals surface area (Å²) in [5.74, 6) is 2.14. The van der Waals surface area contributed by atoms with Gasteiger partial charge in [-0.2, -0.15) is 0 Å². The third kappa shape index (κ3) is 5.87. The third-order valence-corrected chi connectivity index (χ3v) is 3.76. The summed E-state index contributed by atoms with van der Waals surface area (Å²) in [5, 5.41) is 3.46. The molecule has 0 bridgehead atoms. The van der Waals surface area contributed by atoms with E-state index in [4.69, 9.17) is 0 Å². The minimum absolute atomic E-state index is 1.02. The molecule has 0 amide bonds. The predicted molar refractivity (Wildman–Crippen MR) is 65.5 cm³/mol. The zero-order valence-electron chi connectivity index (χ0n) is 8.30. The van der Waals surface area contributed by atoms with Crippen molar-refractivity contribution >= 4 is 22.5 Å². The van der Waals surface area contributed by atoms with E-state index in [1.165, 1.54) is 45.1 Å². The second-order valence-electron chi connectivity index (χ2n) is 3.88. The van der Waals surface area contributed by atoms with E-state index >= 15 is 0 Å². The molecule has 0 saturated heterocycles. The van der Waals surface area contributed by atoms with Gasteiger partial charge in [0, 0.05) is 12.3 Å². The number of thiol groups is 1. The van der Waals surface area contributed by atoms with Crippen molar-refractivity contribution in [2.75, 3.05) is 18.8 Å². The lowest BCUT2D eigenvalue weighted by Gasteiger charge is -2.21. The molecule has 1 rings (SSSR count). The molecule has 1 saturated carbocycles. The molecule has 0 aromatic heterocycles. The molecule has 1 N–H and O–H groups in total. The van der Waals surface area contributed by atoms with E-state index in [1.807, 2.05) is 0 Å². The summed E-state index contributed by atoms with van der Waals surface area (Å²) >= 11 is 4.10. The maximum Gasteiger partial charge on any atom is 0.0160 e. The first kappa shape index (κ1) is 11.7. The van der Waals surface area contributed by atoms with Crippen LogP contribution in [-0.2, 0) is 0 Å². The molecule has 1 aliphatic rings. The van der Waals surface area contributed by atoms with Crippen molar-refractivity contribution in [1.82, 2.24) is 5.32 Å². The molecule has 1 fully saturated rings. The molecule has 0 unspecified atom stereocenters. The normalized spacial score (nSPS) is 19.2. The number of nitrogens with one attached hydrogen (secondary N) is 1. The number of hydrogen-bond donors (Lipinski definition) is 2. The van der Waals surface area contributed by atoms with Gasteiger partial charge in [-0.1, -0.05) is 42.9 Å². The summed E-state index contributed by atoms with van der Waals surface area (Å²) in [6.07, 6.45) is 8.75. The third-order valence-electron chi connectivity index (χ3n) is 2.82. The molecule has 0 aliphatic heterocycles. The Labute approximate surface area is 91.2 Å². The summed E-state index contributed by atoms with van der Waals surface area (Å²) in [5.41, 5.74) is 0. The highest BCUT2D eigenvalue weighted by Gasteiger charge is 2.12. The summed E-state index contributed by atoms with van der Waals surface area (Å²) in [4.78, 5) is 0. The molecule has 0 atom stereocenters. The predicted octanol–water partition coefficient (Wildman–Crippen LogP) is 3.12. The van der Waals surface area contributed by atoms with Crippen molar-refractivity contribution in [2.45, 2.75) is 38.5 Å². The Morgan fingerprint density at radius 2 is 1.92 bits per heavy atom. The van der Waals surface area contributed by atoms with Crippen LogP contribution in [0.5, 0.6) is 0 Å². The Morgan fingerprint density at radius 1 is 1.15 bits per heavy atom. The summed E-state index contributed by atoms with van der Waals surface area (Å²) in [6, 6.07) is 0. The lowest BCUT2D eigenvalue weighted by Crippen LogP contribution is -2.21. The standard InChI is InChI=1S/C10H21NS2/c12-13-9-8-11-7-6-10-4-2-1-3-5-10/h10-12H,1-9H2. The lowest BCUT2D eigenvalue weighted by molar-refractivity contribution is 0.335. The van der Waals surface area contributed by atoms with Crippen molar-refractivity contribution in [1.29, 1.82) is 0 Å². The molecule has 1 aliphatic carbocycles. The van der Waals surface area contributed by atoms with Crippen LogP contribution in [-0.4, -0.2) is 18.8 Å². The summed E-state index contributed by atoms with van der Waals surface area (Å²) < 4.78 is 0. The molecular weight excluding hydrogens is 198 g/mol. The van der Waals surface area contributed by atoms with Crippen LogP contribution < -0.4 is 5.32 Å². The minimum Gasteiger partial charge on any atom is -0.316 e. The number of rotatable bonds is 6. The molecule has 0 aromatic rings. The van der Waals surface area contributed by atoms with Crippen LogP contribution in [0, 0.1) is 5.92 Å². The fourth-order valence-corrected chi connectivity index (χ4v) is 2.53. The molecule has 0 heterocycles. The average molecular weight is 219 g/mol. The van der Waals surface area contributed by atoms with Gasteiger partial charge in [0.1, 0.15) is 0 Å². The Hall–Kier alpha value is 0.660. The average Bonchev–Trinajstić information content (AvgIpc) is 2.19. The van der Waals surface area contributed by atoms with Gasteiger partial charge in [-0.3, -0.25) is 0 Å². The van der Waals surface area contributed by atoms with Crippen molar-refractivity contribution in [3.8, 4) is 0 Å². The Bertz CT molecular complexity index is 113. The van der Waals surface area contributed by atoms with E-state index in [0.717, 1.165) is 18.2 Å². The number of hydrogen-bond acceptors (Lipinski definition) is 3. The van der Waals surface area contributed by atoms with Gasteiger partial charge >= 0.3 is 0 Å². The monoisotopic (exact) mass is 219 g/mol. The zero-order valence-corrected chi connectivity index (χ0v) is 10.0. The van der Waals surface area contributed by atoms with Gasteiger partial charge in [0.2, 0.25) is 0 Å². The molecule has 78 valence electrons. The van der Waals surface area contributed by atoms with Crippen LogP contribution in [0.25, 0.3) is 0 Å². The Balaban J connectivity index is 1.86. The first-order valence-electron chi connectivity index (χ1n) is 5.40. The van der Waals surface area contributed by atoms with Gasteiger partial charge in [-0.25, -0.2) is 0 Å². The van der Waals surface area contributed by atoms with Crippen molar-refractivity contribution in [3.63, 3.8) is 0 Å². The first-order valence-corrected chi connectivity index (χ1v) is 7.44. The minimum atomic E-state index is 1.02. The van der Waals surface area contributed by atoms with Crippen molar-refractivity contribution in [2.24, 2.45) is 5.92 Å². The van der Waals surface area contributed by atoms with Crippen molar-refractivity contribution < 1.29 is 0 Å². The largest absolute Gasteiger partial charge is 0.316 e. The Kier molecular flexibility index (Phi) is 7.23. The van der Waals surface area contributed by atoms with Gasteiger partial charge in [-0.15, -0.1) is 11.7 Å². The molecule has 0 radical (unpaired) electrons. The maximum absolute atomic E-state index is 4.10. The van der Waals surface area contributed by atoms with E-state index in [1.54, 1.807) is 10.8 Å². The SMILES string of the molecule is SSCCNCCC1CCCCC1. The van der Waals surface area contributed by atoms with Gasteiger partial charge in [0.05, 0.1) is 0 Å². The first-order chi connectivity index (χ1) is 6.43. The molecular formula is C10H21NS2. The van der Waals surface area contributed by atoms with E-state index in [0.29, 0.717) is 0 Å². The van der Waals surface area contributed by atoms with Crippen molar-refractivity contribution in [3.05, 3.63) is 0 Å². The van der Waals surface area contributed by atoms with Gasteiger partial charge < -0.3 is 5.32 Å². The molecule has 3 heteroatoms. The molecule has 0 aromatic carbocycles. The second kappa shape index (κ2) is 8.01. The van der Waals surface area contributed by atoms with Crippen LogP contribution in [0.3, 0.4) is 0 Å². The zero-order chi connectivity index (χ0) is 9.36. The highest BCUT2D eigenvalue weighted by Crippen LogP contribution is 2.25.